The van der Waals surface area contributed by atoms with E-state index in [0.717, 1.165) is 24.0 Å². The van der Waals surface area contributed by atoms with Crippen molar-refractivity contribution in [1.29, 1.82) is 0 Å². The van der Waals surface area contributed by atoms with Crippen molar-refractivity contribution in [3.05, 3.63) is 12.5 Å². The van der Waals surface area contributed by atoms with Gasteiger partial charge in [0.1, 0.15) is 5.52 Å². The smallest absolute Gasteiger partial charge is 0.222 e. The second-order valence-electron chi connectivity index (χ2n) is 5.36. The third kappa shape index (κ3) is 2.69. The quantitative estimate of drug-likeness (QED) is 0.811. The van der Waals surface area contributed by atoms with Crippen LogP contribution in [0.5, 0.6) is 0 Å². The highest BCUT2D eigenvalue weighted by Crippen LogP contribution is 2.30. The fourth-order valence-electron chi connectivity index (χ4n) is 2.44. The van der Waals surface area contributed by atoms with Crippen LogP contribution >= 0.6 is 0 Å². The van der Waals surface area contributed by atoms with Crippen molar-refractivity contribution in [2.75, 3.05) is 5.73 Å². The molecule has 0 fully saturated rings. The molecule has 5 nitrogen and oxygen atoms in total. The third-order valence-corrected chi connectivity index (χ3v) is 3.97. The summed E-state index contributed by atoms with van der Waals surface area (Å²) in [5.41, 5.74) is 7.39. The Morgan fingerprint density at radius 2 is 2.05 bits per heavy atom. The van der Waals surface area contributed by atoms with E-state index in [1.54, 1.807) is 6.20 Å². The van der Waals surface area contributed by atoms with Crippen LogP contribution in [0.15, 0.2) is 12.5 Å². The summed E-state index contributed by atoms with van der Waals surface area (Å²) < 4.78 is 2.16. The van der Waals surface area contributed by atoms with E-state index in [9.17, 15) is 0 Å². The number of fused-ring (bicyclic) bond motifs is 1. The molecular weight excluding hydrogens is 238 g/mol. The first-order valence-corrected chi connectivity index (χ1v) is 7.06. The lowest BCUT2D eigenvalue weighted by Crippen LogP contribution is -2.29. The number of unbranched alkanes of at least 4 members (excludes halogenated alkanes) is 2. The molecule has 1 unspecified atom stereocenters. The molecule has 0 radical (unpaired) electrons. The first kappa shape index (κ1) is 13.8. The first-order chi connectivity index (χ1) is 9.10. The normalized spacial score (nSPS) is 14.7. The molecule has 0 aliphatic carbocycles. The molecule has 104 valence electrons. The summed E-state index contributed by atoms with van der Waals surface area (Å²) in [6.07, 6.45) is 9.46. The zero-order valence-electron chi connectivity index (χ0n) is 12.1. The number of imidazole rings is 1. The van der Waals surface area contributed by atoms with E-state index in [1.807, 2.05) is 6.33 Å². The Hall–Kier alpha value is -1.65. The number of nitrogens with two attached hydrogens (primary N) is 1. The highest BCUT2D eigenvalue weighted by Gasteiger charge is 2.26. The zero-order chi connectivity index (χ0) is 13.9. The van der Waals surface area contributed by atoms with Crippen molar-refractivity contribution in [1.82, 2.24) is 19.5 Å². The molecule has 2 aromatic rings. The summed E-state index contributed by atoms with van der Waals surface area (Å²) in [5.74, 6) is 0.307. The molecule has 2 heterocycles. The van der Waals surface area contributed by atoms with Gasteiger partial charge in [0.25, 0.3) is 0 Å². The number of hydrogen-bond acceptors (Lipinski definition) is 4. The molecule has 2 rings (SSSR count). The molecule has 0 saturated heterocycles. The Bertz CT molecular complexity index is 548. The fourth-order valence-corrected chi connectivity index (χ4v) is 2.44. The standard InChI is InChI=1S/C14H23N5/c1-4-6-7-8-14(3,5-2)19-10-17-11-9-16-13(15)18-12(11)19/h9-10H,4-8H2,1-3H3,(H2,15,16,18). The van der Waals surface area contributed by atoms with E-state index in [2.05, 4.69) is 40.3 Å². The predicted molar refractivity (Wildman–Crippen MR) is 77.8 cm³/mol. The summed E-state index contributed by atoms with van der Waals surface area (Å²) in [7, 11) is 0. The van der Waals surface area contributed by atoms with Crippen LogP contribution in [0, 0.1) is 0 Å². The summed E-state index contributed by atoms with van der Waals surface area (Å²) in [4.78, 5) is 12.7. The van der Waals surface area contributed by atoms with Gasteiger partial charge in [0.2, 0.25) is 5.95 Å². The van der Waals surface area contributed by atoms with Crippen molar-refractivity contribution in [2.45, 2.75) is 58.4 Å². The number of nitrogens with zero attached hydrogens (tertiary/aromatic N) is 4. The Morgan fingerprint density at radius 3 is 2.74 bits per heavy atom. The number of nitrogen functional groups attached to an aromatic ring is 1. The van der Waals surface area contributed by atoms with E-state index >= 15 is 0 Å². The molecular formula is C14H23N5. The molecule has 0 spiro atoms. The van der Waals surface area contributed by atoms with Crippen LogP contribution in [-0.2, 0) is 5.54 Å². The van der Waals surface area contributed by atoms with E-state index < -0.39 is 0 Å². The number of aromatic nitrogens is 4. The molecule has 0 amide bonds. The van der Waals surface area contributed by atoms with Gasteiger partial charge in [-0.25, -0.2) is 9.97 Å². The molecule has 1 atom stereocenters. The van der Waals surface area contributed by atoms with Gasteiger partial charge in [-0.05, 0) is 19.8 Å². The van der Waals surface area contributed by atoms with Gasteiger partial charge in [0.05, 0.1) is 12.5 Å². The maximum atomic E-state index is 5.70. The number of hydrogen-bond donors (Lipinski definition) is 1. The van der Waals surface area contributed by atoms with Crippen LogP contribution in [0.1, 0.15) is 52.9 Å². The molecule has 0 aromatic carbocycles. The maximum absolute atomic E-state index is 5.70. The minimum Gasteiger partial charge on any atom is -0.368 e. The van der Waals surface area contributed by atoms with Crippen LogP contribution in [0.3, 0.4) is 0 Å². The lowest BCUT2D eigenvalue weighted by molar-refractivity contribution is 0.278. The average molecular weight is 261 g/mol. The van der Waals surface area contributed by atoms with Crippen LogP contribution in [-0.4, -0.2) is 19.5 Å². The van der Waals surface area contributed by atoms with Crippen molar-refractivity contribution < 1.29 is 0 Å². The molecule has 2 N–H and O–H groups in total. The van der Waals surface area contributed by atoms with Gasteiger partial charge in [0.15, 0.2) is 5.65 Å². The Labute approximate surface area is 114 Å². The molecule has 2 aromatic heterocycles. The van der Waals surface area contributed by atoms with Crippen molar-refractivity contribution in [3.8, 4) is 0 Å². The fraction of sp³-hybridized carbons (Fsp3) is 0.643. The third-order valence-electron chi connectivity index (χ3n) is 3.97. The predicted octanol–water partition coefficient (Wildman–Crippen LogP) is 3.11. The summed E-state index contributed by atoms with van der Waals surface area (Å²) in [5, 5.41) is 0. The number of rotatable bonds is 6. The minimum atomic E-state index is 0.0463. The molecule has 0 saturated carbocycles. The van der Waals surface area contributed by atoms with Gasteiger partial charge >= 0.3 is 0 Å². The maximum Gasteiger partial charge on any atom is 0.222 e. The average Bonchev–Trinajstić information content (AvgIpc) is 2.82. The van der Waals surface area contributed by atoms with E-state index in [0.29, 0.717) is 5.95 Å². The molecule has 19 heavy (non-hydrogen) atoms. The highest BCUT2D eigenvalue weighted by atomic mass is 15.2. The van der Waals surface area contributed by atoms with Gasteiger partial charge in [-0.3, -0.25) is 0 Å². The minimum absolute atomic E-state index is 0.0463. The van der Waals surface area contributed by atoms with Gasteiger partial charge in [-0.1, -0.05) is 33.1 Å². The van der Waals surface area contributed by atoms with Crippen molar-refractivity contribution in [3.63, 3.8) is 0 Å². The SMILES string of the molecule is CCCCCC(C)(CC)n1cnc2cnc(N)nc21. The Balaban J connectivity index is 2.36. The first-order valence-electron chi connectivity index (χ1n) is 7.06. The van der Waals surface area contributed by atoms with Gasteiger partial charge < -0.3 is 10.3 Å². The molecule has 0 aliphatic rings. The molecule has 0 bridgehead atoms. The summed E-state index contributed by atoms with van der Waals surface area (Å²) >= 11 is 0. The van der Waals surface area contributed by atoms with Crippen LogP contribution < -0.4 is 5.73 Å². The second-order valence-corrected chi connectivity index (χ2v) is 5.36. The number of anilines is 1. The van der Waals surface area contributed by atoms with E-state index in [-0.39, 0.29) is 5.54 Å². The monoisotopic (exact) mass is 261 g/mol. The van der Waals surface area contributed by atoms with Crippen LogP contribution in [0.4, 0.5) is 5.95 Å². The van der Waals surface area contributed by atoms with Gasteiger partial charge in [0, 0.05) is 5.54 Å². The Kier molecular flexibility index (Phi) is 4.02. The zero-order valence-corrected chi connectivity index (χ0v) is 12.1. The molecule has 5 heteroatoms. The molecule has 0 aliphatic heterocycles. The lowest BCUT2D eigenvalue weighted by Gasteiger charge is -2.30. The van der Waals surface area contributed by atoms with Crippen LogP contribution in [0.2, 0.25) is 0 Å². The van der Waals surface area contributed by atoms with Crippen molar-refractivity contribution in [2.24, 2.45) is 0 Å². The Morgan fingerprint density at radius 1 is 1.26 bits per heavy atom. The van der Waals surface area contributed by atoms with Gasteiger partial charge in [-0.15, -0.1) is 0 Å². The highest BCUT2D eigenvalue weighted by molar-refractivity contribution is 5.70. The largest absolute Gasteiger partial charge is 0.368 e. The van der Waals surface area contributed by atoms with Crippen molar-refractivity contribution >= 4 is 17.1 Å². The summed E-state index contributed by atoms with van der Waals surface area (Å²) in [6, 6.07) is 0. The van der Waals surface area contributed by atoms with E-state index in [4.69, 9.17) is 5.73 Å². The summed E-state index contributed by atoms with van der Waals surface area (Å²) in [6.45, 7) is 6.70. The van der Waals surface area contributed by atoms with Crippen LogP contribution in [0.25, 0.3) is 11.2 Å². The van der Waals surface area contributed by atoms with Gasteiger partial charge in [-0.2, -0.15) is 4.98 Å². The lowest BCUT2D eigenvalue weighted by atomic mass is 9.91. The van der Waals surface area contributed by atoms with E-state index in [1.165, 1.54) is 19.3 Å². The second kappa shape index (κ2) is 5.55. The topological polar surface area (TPSA) is 69.6 Å².